The molecule has 1 aliphatic heterocycles. The summed E-state index contributed by atoms with van der Waals surface area (Å²) in [5.41, 5.74) is 0.906. The molecule has 1 fully saturated rings. The molecule has 1 amide bonds. The number of piperidine rings is 1. The molecule has 0 radical (unpaired) electrons. The van der Waals surface area contributed by atoms with Gasteiger partial charge in [-0.1, -0.05) is 36.8 Å². The Balaban J connectivity index is 1.97. The number of methoxy groups -OCH3 is 1. The quantitative estimate of drug-likeness (QED) is 0.894. The van der Waals surface area contributed by atoms with Gasteiger partial charge in [0.2, 0.25) is 0 Å². The van der Waals surface area contributed by atoms with Crippen molar-refractivity contribution in [3.63, 3.8) is 0 Å². The van der Waals surface area contributed by atoms with Crippen LogP contribution in [0, 0.1) is 0 Å². The summed E-state index contributed by atoms with van der Waals surface area (Å²) in [6.45, 7) is 1.80. The van der Waals surface area contributed by atoms with Gasteiger partial charge in [-0.05, 0) is 24.9 Å². The smallest absolute Gasteiger partial charge is 0.256 e. The number of likely N-dealkylation sites (N-methyl/N-ethyl adjacent to an activating group) is 1. The molecule has 1 N–H and O–H groups in total. The molecule has 0 saturated carbocycles. The maximum Gasteiger partial charge on any atom is 0.256 e. The first-order valence-corrected chi connectivity index (χ1v) is 7.28. The Morgan fingerprint density at radius 1 is 1.40 bits per heavy atom. The lowest BCUT2D eigenvalue weighted by Gasteiger charge is -2.30. The van der Waals surface area contributed by atoms with Crippen LogP contribution in [0.15, 0.2) is 30.3 Å². The number of nitrogens with zero attached hydrogens (tertiary/aromatic N) is 1. The number of benzene rings is 1. The van der Waals surface area contributed by atoms with Crippen LogP contribution in [0.4, 0.5) is 0 Å². The van der Waals surface area contributed by atoms with Crippen molar-refractivity contribution in [1.82, 2.24) is 10.2 Å². The minimum atomic E-state index is -0.509. The average molecular weight is 276 g/mol. The summed E-state index contributed by atoms with van der Waals surface area (Å²) in [4.78, 5) is 14.3. The van der Waals surface area contributed by atoms with Crippen molar-refractivity contribution in [2.24, 2.45) is 0 Å². The molecule has 0 aromatic heterocycles. The van der Waals surface area contributed by atoms with Gasteiger partial charge in [-0.2, -0.15) is 0 Å². The number of rotatable bonds is 5. The maximum absolute atomic E-state index is 12.5. The molecule has 2 atom stereocenters. The predicted octanol–water partition coefficient (Wildman–Crippen LogP) is 1.97. The largest absolute Gasteiger partial charge is 0.367 e. The monoisotopic (exact) mass is 276 g/mol. The van der Waals surface area contributed by atoms with Gasteiger partial charge in [-0.15, -0.1) is 0 Å². The number of hydrogen-bond donors (Lipinski definition) is 1. The normalized spacial score (nSPS) is 20.4. The van der Waals surface area contributed by atoms with Crippen molar-refractivity contribution < 1.29 is 9.53 Å². The van der Waals surface area contributed by atoms with Crippen LogP contribution in [0.3, 0.4) is 0 Å². The Bertz CT molecular complexity index is 416. The molecular formula is C16H24N2O2. The minimum Gasteiger partial charge on any atom is -0.367 e. The second kappa shape index (κ2) is 7.41. The van der Waals surface area contributed by atoms with E-state index in [1.54, 1.807) is 12.0 Å². The predicted molar refractivity (Wildman–Crippen MR) is 79.5 cm³/mol. The highest BCUT2D eigenvalue weighted by atomic mass is 16.5. The Labute approximate surface area is 121 Å². The molecule has 0 spiro atoms. The molecule has 1 aliphatic rings. The first-order chi connectivity index (χ1) is 9.72. The van der Waals surface area contributed by atoms with Crippen molar-refractivity contribution in [3.05, 3.63) is 35.9 Å². The first-order valence-electron chi connectivity index (χ1n) is 7.28. The van der Waals surface area contributed by atoms with Crippen LogP contribution in [0.25, 0.3) is 0 Å². The van der Waals surface area contributed by atoms with E-state index >= 15 is 0 Å². The van der Waals surface area contributed by atoms with Crippen LogP contribution >= 0.6 is 0 Å². The minimum absolute atomic E-state index is 0.0195. The lowest BCUT2D eigenvalue weighted by atomic mass is 10.0. The lowest BCUT2D eigenvalue weighted by molar-refractivity contribution is -0.141. The van der Waals surface area contributed by atoms with Crippen LogP contribution in [0.1, 0.15) is 30.9 Å². The van der Waals surface area contributed by atoms with E-state index in [1.807, 2.05) is 37.4 Å². The fraction of sp³-hybridized carbons (Fsp3) is 0.562. The van der Waals surface area contributed by atoms with E-state index in [9.17, 15) is 4.79 Å². The maximum atomic E-state index is 12.5. The molecular weight excluding hydrogens is 252 g/mol. The number of nitrogens with one attached hydrogen (secondary N) is 1. The van der Waals surface area contributed by atoms with Gasteiger partial charge < -0.3 is 15.0 Å². The fourth-order valence-corrected chi connectivity index (χ4v) is 2.71. The summed E-state index contributed by atoms with van der Waals surface area (Å²) in [5.74, 6) is 0.0195. The molecule has 2 unspecified atom stereocenters. The molecule has 1 aromatic carbocycles. The second-order valence-corrected chi connectivity index (χ2v) is 5.39. The van der Waals surface area contributed by atoms with Gasteiger partial charge in [-0.3, -0.25) is 4.79 Å². The van der Waals surface area contributed by atoms with Gasteiger partial charge in [0.1, 0.15) is 0 Å². The third-order valence-electron chi connectivity index (χ3n) is 3.85. The summed E-state index contributed by atoms with van der Waals surface area (Å²) in [7, 11) is 3.44. The van der Waals surface area contributed by atoms with E-state index in [1.165, 1.54) is 12.8 Å². The van der Waals surface area contributed by atoms with Crippen molar-refractivity contribution >= 4 is 5.91 Å². The highest BCUT2D eigenvalue weighted by Gasteiger charge is 2.25. The summed E-state index contributed by atoms with van der Waals surface area (Å²) in [5, 5.41) is 3.47. The fourth-order valence-electron chi connectivity index (χ4n) is 2.71. The highest BCUT2D eigenvalue weighted by Crippen LogP contribution is 2.19. The van der Waals surface area contributed by atoms with E-state index in [0.29, 0.717) is 6.04 Å². The average Bonchev–Trinajstić information content (AvgIpc) is 2.50. The van der Waals surface area contributed by atoms with E-state index < -0.39 is 6.10 Å². The van der Waals surface area contributed by atoms with E-state index in [-0.39, 0.29) is 5.91 Å². The molecule has 1 heterocycles. The van der Waals surface area contributed by atoms with Crippen molar-refractivity contribution in [2.45, 2.75) is 31.4 Å². The number of ether oxygens (including phenoxy) is 1. The van der Waals surface area contributed by atoms with Crippen LogP contribution in [-0.2, 0) is 9.53 Å². The molecule has 110 valence electrons. The van der Waals surface area contributed by atoms with Crippen LogP contribution in [-0.4, -0.2) is 44.1 Å². The third-order valence-corrected chi connectivity index (χ3v) is 3.85. The van der Waals surface area contributed by atoms with Gasteiger partial charge in [-0.25, -0.2) is 0 Å². The van der Waals surface area contributed by atoms with Crippen LogP contribution in [0.2, 0.25) is 0 Å². The standard InChI is InChI=1S/C16H24N2O2/c1-18(12-14-10-6-7-11-17-14)16(19)15(20-2)13-8-4-3-5-9-13/h3-5,8-9,14-15,17H,6-7,10-12H2,1-2H3. The number of carbonyl (C=O) groups is 1. The Morgan fingerprint density at radius 2 is 2.15 bits per heavy atom. The molecule has 1 saturated heterocycles. The second-order valence-electron chi connectivity index (χ2n) is 5.39. The van der Waals surface area contributed by atoms with Crippen molar-refractivity contribution in [1.29, 1.82) is 0 Å². The van der Waals surface area contributed by atoms with Gasteiger partial charge in [0.25, 0.3) is 5.91 Å². The zero-order valence-corrected chi connectivity index (χ0v) is 12.3. The third kappa shape index (κ3) is 3.81. The summed E-state index contributed by atoms with van der Waals surface area (Å²) in [6, 6.07) is 10.1. The zero-order valence-electron chi connectivity index (χ0n) is 12.3. The molecule has 0 bridgehead atoms. The van der Waals surface area contributed by atoms with Gasteiger partial charge in [0.05, 0.1) is 0 Å². The van der Waals surface area contributed by atoms with E-state index in [0.717, 1.165) is 25.1 Å². The van der Waals surface area contributed by atoms with Crippen molar-refractivity contribution in [2.75, 3.05) is 27.2 Å². The number of amides is 1. The van der Waals surface area contributed by atoms with Gasteiger partial charge in [0.15, 0.2) is 6.10 Å². The Kier molecular flexibility index (Phi) is 5.56. The number of carbonyl (C=O) groups excluding carboxylic acids is 1. The van der Waals surface area contributed by atoms with Gasteiger partial charge in [0, 0.05) is 26.7 Å². The Hall–Kier alpha value is -1.39. The molecule has 4 nitrogen and oxygen atoms in total. The molecule has 20 heavy (non-hydrogen) atoms. The van der Waals surface area contributed by atoms with Crippen LogP contribution in [0.5, 0.6) is 0 Å². The molecule has 1 aromatic rings. The first kappa shape index (κ1) is 15.0. The summed E-state index contributed by atoms with van der Waals surface area (Å²) >= 11 is 0. The van der Waals surface area contributed by atoms with Crippen molar-refractivity contribution in [3.8, 4) is 0 Å². The lowest BCUT2D eigenvalue weighted by Crippen LogP contribution is -2.45. The SMILES string of the molecule is COC(C(=O)N(C)CC1CCCCN1)c1ccccc1. The molecule has 0 aliphatic carbocycles. The topological polar surface area (TPSA) is 41.6 Å². The number of hydrogen-bond acceptors (Lipinski definition) is 3. The summed E-state index contributed by atoms with van der Waals surface area (Å²) in [6.07, 6.45) is 3.11. The zero-order chi connectivity index (χ0) is 14.4. The highest BCUT2D eigenvalue weighted by molar-refractivity contribution is 5.82. The Morgan fingerprint density at radius 3 is 2.75 bits per heavy atom. The molecule has 4 heteroatoms. The van der Waals surface area contributed by atoms with E-state index in [4.69, 9.17) is 4.74 Å². The van der Waals surface area contributed by atoms with E-state index in [2.05, 4.69) is 5.32 Å². The molecule has 2 rings (SSSR count). The van der Waals surface area contributed by atoms with Gasteiger partial charge >= 0.3 is 0 Å². The summed E-state index contributed by atoms with van der Waals surface area (Å²) < 4.78 is 5.40. The van der Waals surface area contributed by atoms with Crippen LogP contribution < -0.4 is 5.32 Å².